The van der Waals surface area contributed by atoms with Crippen LogP contribution in [0.2, 0.25) is 0 Å². The number of amides is 1. The molecule has 0 aliphatic heterocycles. The van der Waals surface area contributed by atoms with Gasteiger partial charge >= 0.3 is 0 Å². The van der Waals surface area contributed by atoms with E-state index in [9.17, 15) is 4.79 Å². The fourth-order valence-electron chi connectivity index (χ4n) is 2.78. The monoisotopic (exact) mass is 240 g/mol. The number of hydrogen-bond donors (Lipinski definition) is 1. The van der Waals surface area contributed by atoms with Gasteiger partial charge in [-0.3, -0.25) is 4.79 Å². The van der Waals surface area contributed by atoms with Crippen LogP contribution in [0.3, 0.4) is 0 Å². The van der Waals surface area contributed by atoms with Gasteiger partial charge in [0.15, 0.2) is 0 Å². The molecule has 1 aliphatic carbocycles. The molecule has 0 aromatic carbocycles. The van der Waals surface area contributed by atoms with Crippen molar-refractivity contribution in [3.8, 4) is 0 Å². The van der Waals surface area contributed by atoms with Crippen LogP contribution in [0.5, 0.6) is 0 Å². The molecule has 17 heavy (non-hydrogen) atoms. The lowest BCUT2D eigenvalue weighted by atomic mass is 9.78. The molecule has 1 fully saturated rings. The van der Waals surface area contributed by atoms with Gasteiger partial charge in [-0.05, 0) is 31.6 Å². The Morgan fingerprint density at radius 2 is 2.18 bits per heavy atom. The zero-order valence-corrected chi connectivity index (χ0v) is 11.6. The van der Waals surface area contributed by atoms with E-state index in [1.54, 1.807) is 0 Å². The van der Waals surface area contributed by atoms with Gasteiger partial charge in [0.05, 0.1) is 0 Å². The smallest absolute Gasteiger partial charge is 0.225 e. The summed E-state index contributed by atoms with van der Waals surface area (Å²) in [7, 11) is 1.93. The number of unbranched alkanes of at least 4 members (excludes halogenated alkanes) is 1. The van der Waals surface area contributed by atoms with Crippen molar-refractivity contribution >= 4 is 5.91 Å². The van der Waals surface area contributed by atoms with Crippen LogP contribution in [0.25, 0.3) is 0 Å². The van der Waals surface area contributed by atoms with Gasteiger partial charge in [-0.25, -0.2) is 0 Å². The molecule has 3 atom stereocenters. The summed E-state index contributed by atoms with van der Waals surface area (Å²) in [6.45, 7) is 5.12. The van der Waals surface area contributed by atoms with Crippen molar-refractivity contribution in [3.05, 3.63) is 0 Å². The van der Waals surface area contributed by atoms with E-state index in [-0.39, 0.29) is 5.92 Å². The lowest BCUT2D eigenvalue weighted by molar-refractivity contribution is -0.135. The topological polar surface area (TPSA) is 46.3 Å². The second-order valence-electron chi connectivity index (χ2n) is 5.59. The van der Waals surface area contributed by atoms with Crippen LogP contribution in [0, 0.1) is 11.8 Å². The van der Waals surface area contributed by atoms with E-state index in [1.807, 2.05) is 11.9 Å². The molecule has 0 aromatic heterocycles. The highest BCUT2D eigenvalue weighted by atomic mass is 16.2. The standard InChI is InChI=1S/C14H28N2O/c1-4-5-9-16(3)14(17)11(2)12-7-6-8-13(15)10-12/h11-13H,4-10,15H2,1-3H3. The fraction of sp³-hybridized carbons (Fsp3) is 0.929. The Morgan fingerprint density at radius 1 is 1.47 bits per heavy atom. The minimum atomic E-state index is 0.142. The first-order valence-electron chi connectivity index (χ1n) is 7.06. The third-order valence-electron chi connectivity index (χ3n) is 4.08. The van der Waals surface area contributed by atoms with Gasteiger partial charge < -0.3 is 10.6 Å². The van der Waals surface area contributed by atoms with E-state index in [0.29, 0.717) is 17.9 Å². The second-order valence-corrected chi connectivity index (χ2v) is 5.59. The maximum Gasteiger partial charge on any atom is 0.225 e. The van der Waals surface area contributed by atoms with Crippen molar-refractivity contribution in [1.29, 1.82) is 0 Å². The molecule has 0 spiro atoms. The van der Waals surface area contributed by atoms with E-state index in [4.69, 9.17) is 5.73 Å². The van der Waals surface area contributed by atoms with Crippen LogP contribution in [-0.2, 0) is 4.79 Å². The summed E-state index contributed by atoms with van der Waals surface area (Å²) in [4.78, 5) is 14.1. The highest BCUT2D eigenvalue weighted by molar-refractivity contribution is 5.78. The summed E-state index contributed by atoms with van der Waals surface area (Å²) < 4.78 is 0. The van der Waals surface area contributed by atoms with Crippen molar-refractivity contribution in [2.75, 3.05) is 13.6 Å². The molecule has 0 aromatic rings. The normalized spacial score (nSPS) is 26.6. The van der Waals surface area contributed by atoms with Crippen LogP contribution in [0.15, 0.2) is 0 Å². The summed E-state index contributed by atoms with van der Waals surface area (Å²) in [6.07, 6.45) is 6.74. The van der Waals surface area contributed by atoms with Crippen LogP contribution in [0.1, 0.15) is 52.4 Å². The molecular formula is C14H28N2O. The van der Waals surface area contributed by atoms with Crippen LogP contribution in [-0.4, -0.2) is 30.4 Å². The lowest BCUT2D eigenvalue weighted by Crippen LogP contribution is -2.39. The van der Waals surface area contributed by atoms with Crippen molar-refractivity contribution in [2.24, 2.45) is 17.6 Å². The number of carbonyl (C=O) groups is 1. The van der Waals surface area contributed by atoms with E-state index in [0.717, 1.165) is 32.2 Å². The zero-order chi connectivity index (χ0) is 12.8. The van der Waals surface area contributed by atoms with Gasteiger partial charge in [-0.2, -0.15) is 0 Å². The molecule has 1 saturated carbocycles. The van der Waals surface area contributed by atoms with Crippen molar-refractivity contribution < 1.29 is 4.79 Å². The number of rotatable bonds is 5. The predicted octanol–water partition coefficient (Wildman–Crippen LogP) is 2.40. The molecule has 0 radical (unpaired) electrons. The Labute approximate surface area is 106 Å². The van der Waals surface area contributed by atoms with Crippen LogP contribution >= 0.6 is 0 Å². The number of nitrogens with zero attached hydrogens (tertiary/aromatic N) is 1. The first kappa shape index (κ1) is 14.5. The Kier molecular flexibility index (Phi) is 5.96. The third-order valence-corrected chi connectivity index (χ3v) is 4.08. The molecule has 1 amide bonds. The van der Waals surface area contributed by atoms with Gasteiger partial charge in [-0.1, -0.05) is 26.7 Å². The van der Waals surface area contributed by atoms with Crippen molar-refractivity contribution in [3.63, 3.8) is 0 Å². The van der Waals surface area contributed by atoms with Crippen molar-refractivity contribution in [1.82, 2.24) is 4.90 Å². The molecule has 1 rings (SSSR count). The molecule has 2 N–H and O–H groups in total. The maximum atomic E-state index is 12.2. The van der Waals surface area contributed by atoms with E-state index in [1.165, 1.54) is 12.8 Å². The van der Waals surface area contributed by atoms with E-state index in [2.05, 4.69) is 13.8 Å². The number of hydrogen-bond acceptors (Lipinski definition) is 2. The minimum absolute atomic E-state index is 0.142. The van der Waals surface area contributed by atoms with Crippen LogP contribution < -0.4 is 5.73 Å². The molecule has 100 valence electrons. The summed E-state index contributed by atoms with van der Waals surface area (Å²) in [5.41, 5.74) is 5.99. The Bertz CT molecular complexity index is 242. The SMILES string of the molecule is CCCCN(C)C(=O)C(C)C1CCCC(N)C1. The van der Waals surface area contributed by atoms with Gasteiger partial charge in [0.1, 0.15) is 0 Å². The molecule has 3 heteroatoms. The van der Waals surface area contributed by atoms with E-state index < -0.39 is 0 Å². The highest BCUT2D eigenvalue weighted by Crippen LogP contribution is 2.30. The zero-order valence-electron chi connectivity index (χ0n) is 11.6. The summed E-state index contributed by atoms with van der Waals surface area (Å²) in [5, 5.41) is 0. The molecule has 3 unspecified atom stereocenters. The highest BCUT2D eigenvalue weighted by Gasteiger charge is 2.29. The number of carbonyl (C=O) groups excluding carboxylic acids is 1. The van der Waals surface area contributed by atoms with Crippen LogP contribution in [0.4, 0.5) is 0 Å². The second kappa shape index (κ2) is 7.00. The minimum Gasteiger partial charge on any atom is -0.346 e. The van der Waals surface area contributed by atoms with Gasteiger partial charge in [0, 0.05) is 25.6 Å². The van der Waals surface area contributed by atoms with E-state index >= 15 is 0 Å². The van der Waals surface area contributed by atoms with Gasteiger partial charge in [0.25, 0.3) is 0 Å². The quantitative estimate of drug-likeness (QED) is 0.802. The largest absolute Gasteiger partial charge is 0.346 e. The summed E-state index contributed by atoms with van der Waals surface area (Å²) >= 11 is 0. The summed E-state index contributed by atoms with van der Waals surface area (Å²) in [6, 6.07) is 0.310. The molecule has 3 nitrogen and oxygen atoms in total. The van der Waals surface area contributed by atoms with Gasteiger partial charge in [-0.15, -0.1) is 0 Å². The predicted molar refractivity (Wildman–Crippen MR) is 71.6 cm³/mol. The van der Waals surface area contributed by atoms with Gasteiger partial charge in [0.2, 0.25) is 5.91 Å². The average Bonchev–Trinajstić information content (AvgIpc) is 2.34. The molecular weight excluding hydrogens is 212 g/mol. The number of nitrogens with two attached hydrogens (primary N) is 1. The molecule has 0 saturated heterocycles. The first-order chi connectivity index (χ1) is 8.06. The third kappa shape index (κ3) is 4.30. The Morgan fingerprint density at radius 3 is 2.76 bits per heavy atom. The molecule has 0 bridgehead atoms. The molecule has 0 heterocycles. The van der Waals surface area contributed by atoms with Crippen molar-refractivity contribution in [2.45, 2.75) is 58.4 Å². The maximum absolute atomic E-state index is 12.2. The molecule has 1 aliphatic rings. The first-order valence-corrected chi connectivity index (χ1v) is 7.06. The lowest BCUT2D eigenvalue weighted by Gasteiger charge is -2.32. The Hall–Kier alpha value is -0.570. The summed E-state index contributed by atoms with van der Waals surface area (Å²) in [5.74, 6) is 0.941. The average molecular weight is 240 g/mol. The fourth-order valence-corrected chi connectivity index (χ4v) is 2.78. The Balaban J connectivity index is 2.44.